The Balaban J connectivity index is 0.000000246. The van der Waals surface area contributed by atoms with Gasteiger partial charge in [-0.05, 0) is 6.07 Å². The highest BCUT2D eigenvalue weighted by Gasteiger charge is 2.34. The SMILES string of the molecule is O=c1ccn([C@H]2C[C@H](O)[C@@H](CO)O2)c(=O)[nH]1.c1cncnc1. The summed E-state index contributed by atoms with van der Waals surface area (Å²) in [6, 6.07) is 2.98. The van der Waals surface area contributed by atoms with E-state index in [0.29, 0.717) is 0 Å². The van der Waals surface area contributed by atoms with Gasteiger partial charge in [0.25, 0.3) is 5.56 Å². The first-order chi connectivity index (χ1) is 10.6. The predicted octanol–water partition coefficient (Wildman–Crippen LogP) is -1.35. The summed E-state index contributed by atoms with van der Waals surface area (Å²) in [5.41, 5.74) is -1.08. The summed E-state index contributed by atoms with van der Waals surface area (Å²) in [6.45, 7) is -0.310. The molecule has 2 aromatic rings. The molecule has 1 saturated heterocycles. The van der Waals surface area contributed by atoms with Gasteiger partial charge >= 0.3 is 5.69 Å². The first-order valence-electron chi connectivity index (χ1n) is 6.57. The molecule has 0 unspecified atom stereocenters. The molecular weight excluding hydrogens is 292 g/mol. The molecule has 3 heterocycles. The number of rotatable bonds is 2. The van der Waals surface area contributed by atoms with Crippen molar-refractivity contribution in [2.45, 2.75) is 24.9 Å². The van der Waals surface area contributed by atoms with Crippen LogP contribution in [0.4, 0.5) is 0 Å². The van der Waals surface area contributed by atoms with Gasteiger partial charge in [-0.15, -0.1) is 0 Å². The molecule has 3 atom stereocenters. The fraction of sp³-hybridized carbons (Fsp3) is 0.385. The Hall–Kier alpha value is -2.36. The Labute approximate surface area is 124 Å². The third-order valence-corrected chi connectivity index (χ3v) is 3.02. The summed E-state index contributed by atoms with van der Waals surface area (Å²) in [4.78, 5) is 31.7. The number of aliphatic hydroxyl groups excluding tert-OH is 2. The minimum atomic E-state index is -0.811. The van der Waals surface area contributed by atoms with Crippen molar-refractivity contribution in [2.24, 2.45) is 0 Å². The van der Waals surface area contributed by atoms with E-state index in [4.69, 9.17) is 9.84 Å². The number of nitrogens with zero attached hydrogens (tertiary/aromatic N) is 3. The number of nitrogens with one attached hydrogen (secondary N) is 1. The summed E-state index contributed by atoms with van der Waals surface area (Å²) in [5, 5.41) is 18.4. The molecule has 0 amide bonds. The van der Waals surface area contributed by atoms with Gasteiger partial charge in [-0.1, -0.05) is 0 Å². The van der Waals surface area contributed by atoms with E-state index in [1.807, 2.05) is 0 Å². The van der Waals surface area contributed by atoms with Gasteiger partial charge < -0.3 is 14.9 Å². The average Bonchev–Trinajstić information content (AvgIpc) is 2.90. The molecule has 1 fully saturated rings. The zero-order chi connectivity index (χ0) is 15.9. The van der Waals surface area contributed by atoms with Crippen LogP contribution in [-0.4, -0.2) is 48.5 Å². The molecule has 0 radical (unpaired) electrons. The number of aromatic amines is 1. The van der Waals surface area contributed by atoms with Crippen LogP contribution in [0.15, 0.2) is 46.6 Å². The minimum absolute atomic E-state index is 0.206. The van der Waals surface area contributed by atoms with Crippen LogP contribution in [0.5, 0.6) is 0 Å². The van der Waals surface area contributed by atoms with Crippen molar-refractivity contribution in [3.8, 4) is 0 Å². The second-order valence-corrected chi connectivity index (χ2v) is 4.54. The van der Waals surface area contributed by atoms with E-state index in [1.54, 1.807) is 18.5 Å². The maximum absolute atomic E-state index is 11.4. The van der Waals surface area contributed by atoms with Crippen molar-refractivity contribution in [2.75, 3.05) is 6.61 Å². The molecule has 3 N–H and O–H groups in total. The lowest BCUT2D eigenvalue weighted by atomic mass is 10.2. The lowest BCUT2D eigenvalue weighted by Crippen LogP contribution is -2.31. The average molecular weight is 308 g/mol. The third-order valence-electron chi connectivity index (χ3n) is 3.02. The summed E-state index contributed by atoms with van der Waals surface area (Å²) in [6.07, 6.45) is 4.23. The molecule has 22 heavy (non-hydrogen) atoms. The van der Waals surface area contributed by atoms with Crippen LogP contribution in [0.3, 0.4) is 0 Å². The first-order valence-corrected chi connectivity index (χ1v) is 6.57. The molecule has 118 valence electrons. The number of aromatic nitrogens is 4. The Kier molecular flexibility index (Phi) is 5.53. The molecule has 3 rings (SSSR count). The first kappa shape index (κ1) is 16.0. The van der Waals surface area contributed by atoms with E-state index in [1.165, 1.54) is 23.2 Å². The van der Waals surface area contributed by atoms with Crippen molar-refractivity contribution < 1.29 is 14.9 Å². The summed E-state index contributed by atoms with van der Waals surface area (Å²) in [5.74, 6) is 0. The molecular formula is C13H16N4O5. The van der Waals surface area contributed by atoms with Gasteiger partial charge in [0.05, 0.1) is 12.7 Å². The molecule has 9 heteroatoms. The standard InChI is InChI=1S/C9H12N2O5.C4H4N2/c12-4-6-5(13)3-8(16-6)11-2-1-7(14)10-9(11)15;1-2-5-4-6-3-1/h1-2,5-6,8,12-13H,3-4H2,(H,10,14,15);1-4H/t5-,6+,8+;/m0./s1. The Morgan fingerprint density at radius 2 is 2.09 bits per heavy atom. The molecule has 1 aliphatic rings. The van der Waals surface area contributed by atoms with Gasteiger partial charge in [-0.3, -0.25) is 14.3 Å². The van der Waals surface area contributed by atoms with E-state index < -0.39 is 29.7 Å². The molecule has 0 aromatic carbocycles. The van der Waals surface area contributed by atoms with Crippen molar-refractivity contribution in [1.82, 2.24) is 19.5 Å². The van der Waals surface area contributed by atoms with Crippen LogP contribution >= 0.6 is 0 Å². The van der Waals surface area contributed by atoms with Crippen LogP contribution in [0.1, 0.15) is 12.6 Å². The maximum Gasteiger partial charge on any atom is 0.330 e. The topological polar surface area (TPSA) is 130 Å². The van der Waals surface area contributed by atoms with Crippen molar-refractivity contribution >= 4 is 0 Å². The van der Waals surface area contributed by atoms with Gasteiger partial charge in [0, 0.05) is 31.1 Å². The second-order valence-electron chi connectivity index (χ2n) is 4.54. The second kappa shape index (κ2) is 7.59. The van der Waals surface area contributed by atoms with Crippen LogP contribution in [0, 0.1) is 0 Å². The molecule has 2 aromatic heterocycles. The largest absolute Gasteiger partial charge is 0.394 e. The lowest BCUT2D eigenvalue weighted by Gasteiger charge is -2.13. The van der Waals surface area contributed by atoms with Crippen LogP contribution < -0.4 is 11.2 Å². The van der Waals surface area contributed by atoms with E-state index >= 15 is 0 Å². The monoisotopic (exact) mass is 308 g/mol. The Morgan fingerprint density at radius 1 is 1.36 bits per heavy atom. The van der Waals surface area contributed by atoms with Crippen molar-refractivity contribution in [3.63, 3.8) is 0 Å². The summed E-state index contributed by atoms with van der Waals surface area (Å²) in [7, 11) is 0. The molecule has 0 saturated carbocycles. The minimum Gasteiger partial charge on any atom is -0.394 e. The lowest BCUT2D eigenvalue weighted by molar-refractivity contribution is -0.0459. The quantitative estimate of drug-likeness (QED) is 0.625. The predicted molar refractivity (Wildman–Crippen MR) is 75.0 cm³/mol. The zero-order valence-electron chi connectivity index (χ0n) is 11.6. The van der Waals surface area contributed by atoms with E-state index in [0.717, 1.165) is 0 Å². The third kappa shape index (κ3) is 4.07. The van der Waals surface area contributed by atoms with Crippen LogP contribution in [0.2, 0.25) is 0 Å². The normalized spacial score (nSPS) is 23.6. The van der Waals surface area contributed by atoms with E-state index in [-0.39, 0.29) is 13.0 Å². The van der Waals surface area contributed by atoms with E-state index in [9.17, 15) is 14.7 Å². The van der Waals surface area contributed by atoms with Gasteiger partial charge in [0.2, 0.25) is 0 Å². The highest BCUT2D eigenvalue weighted by molar-refractivity contribution is 4.88. The summed E-state index contributed by atoms with van der Waals surface area (Å²) >= 11 is 0. The molecule has 0 aliphatic carbocycles. The fourth-order valence-corrected chi connectivity index (χ4v) is 1.96. The van der Waals surface area contributed by atoms with Crippen molar-refractivity contribution in [3.05, 3.63) is 57.9 Å². The highest BCUT2D eigenvalue weighted by Crippen LogP contribution is 2.26. The number of hydrogen-bond donors (Lipinski definition) is 3. The van der Waals surface area contributed by atoms with Crippen molar-refractivity contribution in [1.29, 1.82) is 0 Å². The van der Waals surface area contributed by atoms with Gasteiger partial charge in [-0.2, -0.15) is 0 Å². The molecule has 9 nitrogen and oxygen atoms in total. The number of H-pyrrole nitrogens is 1. The van der Waals surface area contributed by atoms with Crippen LogP contribution in [0.25, 0.3) is 0 Å². The Morgan fingerprint density at radius 3 is 2.55 bits per heavy atom. The zero-order valence-corrected chi connectivity index (χ0v) is 11.6. The van der Waals surface area contributed by atoms with E-state index in [2.05, 4.69) is 15.0 Å². The van der Waals surface area contributed by atoms with Gasteiger partial charge in [0.1, 0.15) is 18.7 Å². The maximum atomic E-state index is 11.4. The Bertz CT molecular complexity index is 660. The number of hydrogen-bond acceptors (Lipinski definition) is 7. The molecule has 1 aliphatic heterocycles. The van der Waals surface area contributed by atoms with Gasteiger partial charge in [0.15, 0.2) is 0 Å². The molecule has 0 bridgehead atoms. The smallest absolute Gasteiger partial charge is 0.330 e. The van der Waals surface area contributed by atoms with Crippen LogP contribution in [-0.2, 0) is 4.74 Å². The number of ether oxygens (including phenoxy) is 1. The summed E-state index contributed by atoms with van der Waals surface area (Å²) < 4.78 is 6.45. The van der Waals surface area contributed by atoms with Gasteiger partial charge in [-0.25, -0.2) is 14.8 Å². The highest BCUT2D eigenvalue weighted by atomic mass is 16.5. The molecule has 0 spiro atoms. The fourth-order valence-electron chi connectivity index (χ4n) is 1.96. The number of aliphatic hydroxyl groups is 2.